The van der Waals surface area contributed by atoms with Crippen LogP contribution in [0.25, 0.3) is 21.9 Å². The van der Waals surface area contributed by atoms with Gasteiger partial charge in [-0.25, -0.2) is 0 Å². The zero-order valence-electron chi connectivity index (χ0n) is 13.9. The van der Waals surface area contributed by atoms with Gasteiger partial charge in [-0.3, -0.25) is 0 Å². The van der Waals surface area contributed by atoms with Crippen molar-refractivity contribution in [3.63, 3.8) is 0 Å². The van der Waals surface area contributed by atoms with Gasteiger partial charge < -0.3 is 9.32 Å². The van der Waals surface area contributed by atoms with Crippen LogP contribution in [0.1, 0.15) is 38.2 Å². The van der Waals surface area contributed by atoms with E-state index < -0.39 is 0 Å². The van der Waals surface area contributed by atoms with Gasteiger partial charge in [0.25, 0.3) is 0 Å². The van der Waals surface area contributed by atoms with Crippen LogP contribution in [0, 0.1) is 12.8 Å². The summed E-state index contributed by atoms with van der Waals surface area (Å²) in [6.45, 7) is 4.65. The Morgan fingerprint density at radius 1 is 0.957 bits per heavy atom. The molecule has 3 heterocycles. The Morgan fingerprint density at radius 2 is 1.74 bits per heavy atom. The number of rotatable bonds is 1. The first-order valence-electron chi connectivity index (χ1n) is 8.93. The zero-order valence-corrected chi connectivity index (χ0v) is 13.9. The maximum absolute atomic E-state index is 6.33. The van der Waals surface area contributed by atoms with Crippen molar-refractivity contribution >= 4 is 27.6 Å². The van der Waals surface area contributed by atoms with Gasteiger partial charge in [0, 0.05) is 22.9 Å². The SMILES string of the molecule is Cc1ccc2c(oc3ccccc32)c1N1C2CCC(CC2)[C@@H]1C. The van der Waals surface area contributed by atoms with Crippen LogP contribution in [0.5, 0.6) is 0 Å². The number of benzene rings is 2. The Hall–Kier alpha value is -1.96. The molecule has 3 fully saturated rings. The molecule has 0 unspecified atom stereocenters. The molecule has 0 spiro atoms. The van der Waals surface area contributed by atoms with Gasteiger partial charge in [0.2, 0.25) is 0 Å². The topological polar surface area (TPSA) is 16.4 Å². The first-order chi connectivity index (χ1) is 11.2. The predicted octanol–water partition coefficient (Wildman–Crippen LogP) is 5.66. The fraction of sp³-hybridized carbons (Fsp3) is 0.429. The lowest BCUT2D eigenvalue weighted by Gasteiger charge is -2.52. The van der Waals surface area contributed by atoms with Gasteiger partial charge in [0.15, 0.2) is 5.58 Å². The summed E-state index contributed by atoms with van der Waals surface area (Å²) >= 11 is 0. The van der Waals surface area contributed by atoms with E-state index in [1.165, 1.54) is 47.7 Å². The zero-order chi connectivity index (χ0) is 15.6. The standard InChI is InChI=1S/C21H23NO/c1-13-7-12-18-17-5-3-4-6-19(17)23-21(18)20(13)22-14(2)15-8-10-16(22)11-9-15/h3-7,12,14-16H,8-11H2,1-2H3/t14-,15?,16?/m0/s1. The minimum atomic E-state index is 0.625. The number of fused-ring (bicyclic) bond motifs is 6. The van der Waals surface area contributed by atoms with E-state index in [-0.39, 0.29) is 0 Å². The molecule has 118 valence electrons. The molecule has 2 heteroatoms. The van der Waals surface area contributed by atoms with Crippen molar-refractivity contribution in [1.29, 1.82) is 0 Å². The summed E-state index contributed by atoms with van der Waals surface area (Å²) in [6.07, 6.45) is 5.48. The molecule has 6 rings (SSSR count). The van der Waals surface area contributed by atoms with E-state index in [4.69, 9.17) is 4.42 Å². The molecule has 0 radical (unpaired) electrons. The predicted molar refractivity (Wildman–Crippen MR) is 96.1 cm³/mol. The molecular weight excluding hydrogens is 282 g/mol. The largest absolute Gasteiger partial charge is 0.454 e. The van der Waals surface area contributed by atoms with Crippen molar-refractivity contribution in [2.75, 3.05) is 4.90 Å². The van der Waals surface area contributed by atoms with Crippen molar-refractivity contribution in [3.05, 3.63) is 42.0 Å². The summed E-state index contributed by atoms with van der Waals surface area (Å²) in [5.74, 6) is 0.846. The summed E-state index contributed by atoms with van der Waals surface area (Å²) in [5, 5.41) is 2.49. The molecule has 1 aliphatic carbocycles. The van der Waals surface area contributed by atoms with E-state index in [1.807, 2.05) is 0 Å². The van der Waals surface area contributed by atoms with E-state index in [1.54, 1.807) is 0 Å². The van der Waals surface area contributed by atoms with Crippen molar-refractivity contribution in [1.82, 2.24) is 0 Å². The molecule has 1 aromatic heterocycles. The Morgan fingerprint density at radius 3 is 2.52 bits per heavy atom. The minimum absolute atomic E-state index is 0.625. The average molecular weight is 305 g/mol. The van der Waals surface area contributed by atoms with Gasteiger partial charge >= 0.3 is 0 Å². The Bertz CT molecular complexity index is 883. The number of anilines is 1. The fourth-order valence-electron chi connectivity index (χ4n) is 5.00. The molecule has 1 saturated carbocycles. The number of hydrogen-bond acceptors (Lipinski definition) is 2. The van der Waals surface area contributed by atoms with Crippen LogP contribution in [-0.4, -0.2) is 12.1 Å². The van der Waals surface area contributed by atoms with Crippen LogP contribution in [0.2, 0.25) is 0 Å². The van der Waals surface area contributed by atoms with Gasteiger partial charge in [-0.15, -0.1) is 0 Å². The summed E-state index contributed by atoms with van der Waals surface area (Å²) in [5.41, 5.74) is 4.78. The van der Waals surface area contributed by atoms with Gasteiger partial charge in [0.05, 0.1) is 5.69 Å². The van der Waals surface area contributed by atoms with Gasteiger partial charge in [-0.2, -0.15) is 0 Å². The summed E-state index contributed by atoms with van der Waals surface area (Å²) in [7, 11) is 0. The Balaban J connectivity index is 1.79. The number of para-hydroxylation sites is 1. The molecule has 1 atom stereocenters. The quantitative estimate of drug-likeness (QED) is 0.576. The van der Waals surface area contributed by atoms with E-state index in [2.05, 4.69) is 55.1 Å². The number of hydrogen-bond donors (Lipinski definition) is 0. The van der Waals surface area contributed by atoms with Crippen LogP contribution in [-0.2, 0) is 0 Å². The molecule has 0 N–H and O–H groups in total. The number of piperidine rings is 2. The maximum Gasteiger partial charge on any atom is 0.158 e. The number of furan rings is 1. The average Bonchev–Trinajstić information content (AvgIpc) is 2.95. The summed E-state index contributed by atoms with van der Waals surface area (Å²) in [4.78, 5) is 2.69. The van der Waals surface area contributed by atoms with E-state index in [9.17, 15) is 0 Å². The molecule has 3 aliphatic rings. The van der Waals surface area contributed by atoms with Gasteiger partial charge in [0.1, 0.15) is 5.58 Å². The highest BCUT2D eigenvalue weighted by molar-refractivity contribution is 6.09. The van der Waals surface area contributed by atoms with E-state index in [0.29, 0.717) is 12.1 Å². The lowest BCUT2D eigenvalue weighted by atomic mass is 9.74. The first kappa shape index (κ1) is 13.5. The third-order valence-electron chi connectivity index (χ3n) is 6.24. The van der Waals surface area contributed by atoms with Crippen molar-refractivity contribution in [3.8, 4) is 0 Å². The third-order valence-corrected chi connectivity index (χ3v) is 6.24. The fourth-order valence-corrected chi connectivity index (χ4v) is 5.00. The number of aryl methyl sites for hydroxylation is 1. The summed E-state index contributed by atoms with van der Waals surface area (Å²) in [6, 6.07) is 14.2. The van der Waals surface area contributed by atoms with E-state index >= 15 is 0 Å². The minimum Gasteiger partial charge on any atom is -0.454 e. The lowest BCUT2D eigenvalue weighted by Crippen LogP contribution is -2.54. The van der Waals surface area contributed by atoms with Crippen LogP contribution in [0.3, 0.4) is 0 Å². The smallest absolute Gasteiger partial charge is 0.158 e. The van der Waals surface area contributed by atoms with Crippen molar-refractivity contribution in [2.24, 2.45) is 5.92 Å². The van der Waals surface area contributed by atoms with E-state index in [0.717, 1.165) is 17.1 Å². The second-order valence-corrected chi connectivity index (χ2v) is 7.42. The molecule has 2 aromatic carbocycles. The molecule has 3 aromatic rings. The molecule has 2 aliphatic heterocycles. The Kier molecular flexibility index (Phi) is 2.79. The van der Waals surface area contributed by atoms with Crippen LogP contribution in [0.15, 0.2) is 40.8 Å². The molecule has 23 heavy (non-hydrogen) atoms. The third kappa shape index (κ3) is 1.81. The van der Waals surface area contributed by atoms with Crippen molar-refractivity contribution < 1.29 is 4.42 Å². The first-order valence-corrected chi connectivity index (χ1v) is 8.93. The lowest BCUT2D eigenvalue weighted by molar-refractivity contribution is 0.200. The normalized spacial score (nSPS) is 27.2. The maximum atomic E-state index is 6.33. The second-order valence-electron chi connectivity index (χ2n) is 7.42. The molecule has 2 saturated heterocycles. The van der Waals surface area contributed by atoms with Crippen LogP contribution < -0.4 is 4.90 Å². The highest BCUT2D eigenvalue weighted by Crippen LogP contribution is 2.46. The van der Waals surface area contributed by atoms with Crippen molar-refractivity contribution in [2.45, 2.75) is 51.6 Å². The van der Waals surface area contributed by atoms with Crippen LogP contribution >= 0.6 is 0 Å². The Labute approximate surface area is 137 Å². The van der Waals surface area contributed by atoms with Gasteiger partial charge in [-0.05, 0) is 57.1 Å². The monoisotopic (exact) mass is 305 g/mol. The summed E-state index contributed by atoms with van der Waals surface area (Å²) < 4.78 is 6.33. The molecule has 2 nitrogen and oxygen atoms in total. The highest BCUT2D eigenvalue weighted by atomic mass is 16.3. The molecule has 0 amide bonds. The molecule has 2 bridgehead atoms. The number of nitrogens with zero attached hydrogens (tertiary/aromatic N) is 1. The van der Waals surface area contributed by atoms with Gasteiger partial charge in [-0.1, -0.05) is 30.3 Å². The second kappa shape index (κ2) is 4.77. The van der Waals surface area contributed by atoms with Crippen LogP contribution in [0.4, 0.5) is 5.69 Å². The molecular formula is C21H23NO. The highest BCUT2D eigenvalue weighted by Gasteiger charge is 2.40.